The molecule has 2 aromatic rings. The number of halogens is 3. The lowest BCUT2D eigenvalue weighted by Gasteiger charge is -2.33. The number of nitrogens with zero attached hydrogens (tertiary/aromatic N) is 3. The first-order chi connectivity index (χ1) is 19.6. The summed E-state index contributed by atoms with van der Waals surface area (Å²) in [5.41, 5.74) is 6.52. The van der Waals surface area contributed by atoms with Crippen LogP contribution in [0, 0.1) is 5.41 Å². The van der Waals surface area contributed by atoms with E-state index in [4.69, 9.17) is 20.6 Å². The second-order valence-corrected chi connectivity index (χ2v) is 11.8. The third-order valence-corrected chi connectivity index (χ3v) is 8.46. The van der Waals surface area contributed by atoms with E-state index >= 15 is 4.39 Å². The normalized spacial score (nSPS) is 15.5. The zero-order chi connectivity index (χ0) is 29.4. The molecule has 2 aromatic carbocycles. The van der Waals surface area contributed by atoms with Crippen LogP contribution >= 0.6 is 24.8 Å². The van der Waals surface area contributed by atoms with Crippen molar-refractivity contribution in [1.82, 2.24) is 4.90 Å². The molecule has 0 aromatic heterocycles. The molecule has 0 aliphatic carbocycles. The second kappa shape index (κ2) is 16.5. The number of aliphatic imine (C=N–C) groups is 1. The van der Waals surface area contributed by atoms with Crippen LogP contribution in [0.25, 0.3) is 6.08 Å². The summed E-state index contributed by atoms with van der Waals surface area (Å²) in [7, 11) is -4.29. The van der Waals surface area contributed by atoms with E-state index in [9.17, 15) is 13.2 Å². The number of carbonyl (C=O) groups excluding carboxylic acids is 1. The van der Waals surface area contributed by atoms with Gasteiger partial charge >= 0.3 is 5.97 Å². The van der Waals surface area contributed by atoms with Gasteiger partial charge in [-0.25, -0.2) is 12.8 Å². The molecule has 0 atom stereocenters. The van der Waals surface area contributed by atoms with Crippen LogP contribution in [0.2, 0.25) is 0 Å². The lowest BCUT2D eigenvalue weighted by molar-refractivity contribution is -0.139. The van der Waals surface area contributed by atoms with E-state index in [-0.39, 0.29) is 49.0 Å². The first-order valence-electron chi connectivity index (χ1n) is 13.7. The Morgan fingerprint density at radius 3 is 2.49 bits per heavy atom. The number of sulfonamides is 1. The van der Waals surface area contributed by atoms with E-state index in [1.165, 1.54) is 30.1 Å². The highest BCUT2D eigenvalue weighted by molar-refractivity contribution is 7.93. The third kappa shape index (κ3) is 10.1. The highest BCUT2D eigenvalue weighted by atomic mass is 35.5. The fraction of sp³-hybridized carbons (Fsp3) is 0.414. The Labute approximate surface area is 264 Å². The van der Waals surface area contributed by atoms with Crippen LogP contribution < -0.4 is 14.8 Å². The topological polar surface area (TPSA) is 138 Å². The van der Waals surface area contributed by atoms with Crippen molar-refractivity contribution in [3.05, 3.63) is 65.5 Å². The first kappa shape index (κ1) is 35.8. The molecule has 1 fully saturated rings. The SMILES string of the molecule is CCOC(=O)CS(=O)(=O)N(C/C(F)=C/c1cccc(C(=N)N)c1)c1ccc(OC2CCN(C3=NCCC3)CC2)cc1.Cl.Cl. The summed E-state index contributed by atoms with van der Waals surface area (Å²) in [6.45, 7) is 3.61. The van der Waals surface area contributed by atoms with Gasteiger partial charge in [0.1, 0.15) is 23.5 Å². The predicted octanol–water partition coefficient (Wildman–Crippen LogP) is 4.56. The van der Waals surface area contributed by atoms with Crippen LogP contribution in [0.5, 0.6) is 5.75 Å². The zero-order valence-electron chi connectivity index (χ0n) is 23.9. The molecule has 1 saturated heterocycles. The quantitative estimate of drug-likeness (QED) is 0.205. The van der Waals surface area contributed by atoms with Gasteiger partial charge in [-0.05, 0) is 55.3 Å². The van der Waals surface area contributed by atoms with Crippen molar-refractivity contribution < 1.29 is 27.1 Å². The molecular formula is C29H38Cl2FN5O5S. The molecule has 14 heteroatoms. The van der Waals surface area contributed by atoms with Gasteiger partial charge in [0, 0.05) is 44.5 Å². The Balaban J connectivity index is 0.00000323. The highest BCUT2D eigenvalue weighted by Gasteiger charge is 2.28. The van der Waals surface area contributed by atoms with Crippen LogP contribution in [0.15, 0.2) is 59.4 Å². The maximum atomic E-state index is 15.2. The van der Waals surface area contributed by atoms with Crippen LogP contribution in [-0.4, -0.2) is 75.6 Å². The van der Waals surface area contributed by atoms with Gasteiger partial charge < -0.3 is 20.1 Å². The van der Waals surface area contributed by atoms with E-state index in [0.29, 0.717) is 16.9 Å². The number of ether oxygens (including phenoxy) is 2. The number of nitrogens with one attached hydrogen (secondary N) is 1. The smallest absolute Gasteiger partial charge is 0.323 e. The number of rotatable bonds is 11. The number of piperidine rings is 1. The minimum Gasteiger partial charge on any atom is -0.490 e. The fourth-order valence-corrected chi connectivity index (χ4v) is 6.14. The van der Waals surface area contributed by atoms with Gasteiger partial charge in [0.25, 0.3) is 0 Å². The van der Waals surface area contributed by atoms with Gasteiger partial charge in [0.05, 0.1) is 24.7 Å². The molecule has 3 N–H and O–H groups in total. The standard InChI is InChI=1S/C29H36FN5O5S.2ClH/c1-2-39-28(36)20-41(37,38)35(19-23(30)18-21-5-3-6-22(17-21)29(31)32)24-8-10-25(11-9-24)40-26-12-15-34(16-13-26)27-7-4-14-33-27;;/h3,5-6,8-11,17-18,26H,2,4,7,12-16,19-20H2,1H3,(H3,31,32);2*1H/b23-18-;;. The number of anilines is 1. The largest absolute Gasteiger partial charge is 0.490 e. The number of hydrogen-bond acceptors (Lipinski definition) is 8. The molecule has 0 amide bonds. The van der Waals surface area contributed by atoms with Crippen molar-refractivity contribution >= 4 is 64.2 Å². The highest BCUT2D eigenvalue weighted by Crippen LogP contribution is 2.27. The first-order valence-corrected chi connectivity index (χ1v) is 15.3. The molecule has 0 radical (unpaired) electrons. The van der Waals surface area contributed by atoms with Crippen LogP contribution in [0.4, 0.5) is 10.1 Å². The summed E-state index contributed by atoms with van der Waals surface area (Å²) in [4.78, 5) is 18.9. The maximum absolute atomic E-state index is 15.2. The van der Waals surface area contributed by atoms with Crippen molar-refractivity contribution in [2.75, 3.05) is 42.8 Å². The molecule has 2 aliphatic rings. The van der Waals surface area contributed by atoms with E-state index in [2.05, 4.69) is 9.89 Å². The molecular weight excluding hydrogens is 620 g/mol. The summed E-state index contributed by atoms with van der Waals surface area (Å²) < 4.78 is 53.5. The molecule has 4 rings (SSSR count). The number of benzene rings is 2. The van der Waals surface area contributed by atoms with E-state index in [1.54, 1.807) is 37.3 Å². The van der Waals surface area contributed by atoms with Crippen LogP contribution in [0.3, 0.4) is 0 Å². The molecule has 2 aliphatic heterocycles. The average Bonchev–Trinajstić information content (AvgIpc) is 3.48. The fourth-order valence-electron chi connectivity index (χ4n) is 4.84. The van der Waals surface area contributed by atoms with E-state index in [1.807, 2.05) is 0 Å². The molecule has 0 spiro atoms. The van der Waals surface area contributed by atoms with Gasteiger partial charge in [0.15, 0.2) is 5.75 Å². The molecule has 43 heavy (non-hydrogen) atoms. The molecule has 2 heterocycles. The second-order valence-electron chi connectivity index (χ2n) is 9.90. The third-order valence-electron chi connectivity index (χ3n) is 6.84. The Morgan fingerprint density at radius 2 is 1.88 bits per heavy atom. The lowest BCUT2D eigenvalue weighted by Crippen LogP contribution is -2.41. The minimum absolute atomic E-state index is 0. The van der Waals surface area contributed by atoms with Crippen molar-refractivity contribution in [2.24, 2.45) is 10.7 Å². The van der Waals surface area contributed by atoms with Crippen molar-refractivity contribution in [1.29, 1.82) is 5.41 Å². The van der Waals surface area contributed by atoms with Crippen molar-refractivity contribution in [2.45, 2.75) is 38.7 Å². The monoisotopic (exact) mass is 657 g/mol. The maximum Gasteiger partial charge on any atom is 0.323 e. The summed E-state index contributed by atoms with van der Waals surface area (Å²) in [6.07, 6.45) is 5.03. The van der Waals surface area contributed by atoms with Gasteiger partial charge in [-0.2, -0.15) is 0 Å². The lowest BCUT2D eigenvalue weighted by atomic mass is 10.1. The molecule has 236 valence electrons. The van der Waals surface area contributed by atoms with Crippen LogP contribution in [-0.2, 0) is 19.6 Å². The van der Waals surface area contributed by atoms with Crippen LogP contribution in [0.1, 0.15) is 43.7 Å². The average molecular weight is 659 g/mol. The minimum atomic E-state index is -4.29. The number of nitrogen functional groups attached to an aromatic ring is 1. The van der Waals surface area contributed by atoms with E-state index < -0.39 is 34.1 Å². The molecule has 0 saturated carbocycles. The predicted molar refractivity (Wildman–Crippen MR) is 172 cm³/mol. The number of amidine groups is 2. The van der Waals surface area contributed by atoms with Gasteiger partial charge in [-0.3, -0.25) is 19.5 Å². The molecule has 0 unspecified atom stereocenters. The number of nitrogens with two attached hydrogens (primary N) is 1. The number of likely N-dealkylation sites (tertiary alicyclic amines) is 1. The number of hydrogen-bond donors (Lipinski definition) is 2. The number of esters is 1. The Hall–Kier alpha value is -3.35. The van der Waals surface area contributed by atoms with Gasteiger partial charge in [-0.15, -0.1) is 24.8 Å². The summed E-state index contributed by atoms with van der Waals surface area (Å²) >= 11 is 0. The number of carbonyl (C=O) groups is 1. The zero-order valence-corrected chi connectivity index (χ0v) is 26.4. The Kier molecular flexibility index (Phi) is 13.7. The Bertz CT molecular complexity index is 1410. The van der Waals surface area contributed by atoms with Gasteiger partial charge in [-0.1, -0.05) is 18.2 Å². The van der Waals surface area contributed by atoms with Crippen molar-refractivity contribution in [3.8, 4) is 5.75 Å². The summed E-state index contributed by atoms with van der Waals surface area (Å²) in [6, 6.07) is 12.7. The van der Waals surface area contributed by atoms with Crippen molar-refractivity contribution in [3.63, 3.8) is 0 Å². The summed E-state index contributed by atoms with van der Waals surface area (Å²) in [5, 5.41) is 7.58. The molecule has 10 nitrogen and oxygen atoms in total. The summed E-state index contributed by atoms with van der Waals surface area (Å²) in [5.74, 6) is -1.04. The van der Waals surface area contributed by atoms with Gasteiger partial charge in [0.2, 0.25) is 10.0 Å². The molecule has 0 bridgehead atoms. The van der Waals surface area contributed by atoms with E-state index in [0.717, 1.165) is 49.6 Å². The Morgan fingerprint density at radius 1 is 1.19 bits per heavy atom.